The summed E-state index contributed by atoms with van der Waals surface area (Å²) in [6, 6.07) is 13.2. The predicted molar refractivity (Wildman–Crippen MR) is 101 cm³/mol. The topological polar surface area (TPSA) is 103 Å². The summed E-state index contributed by atoms with van der Waals surface area (Å²) in [7, 11) is 0. The van der Waals surface area contributed by atoms with Crippen LogP contribution in [-0.2, 0) is 19.1 Å². The average Bonchev–Trinajstić information content (AvgIpc) is 2.72. The lowest BCUT2D eigenvalue weighted by molar-refractivity contribution is -0.186. The van der Waals surface area contributed by atoms with Gasteiger partial charge in [-0.2, -0.15) is 0 Å². The summed E-state index contributed by atoms with van der Waals surface area (Å²) in [5.41, 5.74) is -2.08. The molecule has 1 atom stereocenters. The van der Waals surface area contributed by atoms with E-state index in [1.165, 1.54) is 12.3 Å². The number of pyridine rings is 1. The summed E-state index contributed by atoms with van der Waals surface area (Å²) in [4.78, 5) is 42.0. The third-order valence-corrected chi connectivity index (χ3v) is 4.22. The summed E-state index contributed by atoms with van der Waals surface area (Å²) in [6.45, 7) is 3.02. The van der Waals surface area contributed by atoms with Crippen molar-refractivity contribution in [2.45, 2.75) is 31.8 Å². The van der Waals surface area contributed by atoms with Crippen LogP contribution in [0, 0.1) is 0 Å². The van der Waals surface area contributed by atoms with Gasteiger partial charge in [-0.1, -0.05) is 36.4 Å². The van der Waals surface area contributed by atoms with Crippen LogP contribution in [-0.4, -0.2) is 46.6 Å². The van der Waals surface area contributed by atoms with E-state index in [1.54, 1.807) is 56.3 Å². The maximum atomic E-state index is 12.8. The second-order valence-corrected chi connectivity index (χ2v) is 6.01. The average molecular weight is 385 g/mol. The molecule has 1 heterocycles. The molecule has 1 aromatic heterocycles. The van der Waals surface area contributed by atoms with Crippen LogP contribution in [0.4, 0.5) is 0 Å². The third kappa shape index (κ3) is 4.61. The van der Waals surface area contributed by atoms with Crippen molar-refractivity contribution >= 4 is 17.7 Å². The fraction of sp³-hybridized carbons (Fsp3) is 0.333. The van der Waals surface area contributed by atoms with E-state index in [-0.39, 0.29) is 25.3 Å². The summed E-state index contributed by atoms with van der Waals surface area (Å²) < 4.78 is 9.90. The van der Waals surface area contributed by atoms with Gasteiger partial charge in [0.2, 0.25) is 0 Å². The number of carbonyl (C=O) groups is 3. The number of hydrogen-bond donors (Lipinski definition) is 1. The van der Waals surface area contributed by atoms with E-state index in [4.69, 9.17) is 9.47 Å². The number of hydrogen-bond acceptors (Lipinski definition) is 7. The highest BCUT2D eigenvalue weighted by atomic mass is 16.6. The standard InChI is InChI=1S/C21H23NO6/c1-3-27-19(24)21(26,20(25)28-4-2)16(15-10-6-5-7-11-15)14-18(23)17-12-8-9-13-22-17/h5-13,16,26H,3-4,14H2,1-2H3. The Bertz CT molecular complexity index is 788. The van der Waals surface area contributed by atoms with Crippen molar-refractivity contribution in [3.8, 4) is 0 Å². The van der Waals surface area contributed by atoms with Crippen LogP contribution in [0.1, 0.15) is 42.2 Å². The van der Waals surface area contributed by atoms with Crippen molar-refractivity contribution in [3.05, 3.63) is 66.0 Å². The third-order valence-electron chi connectivity index (χ3n) is 4.22. The van der Waals surface area contributed by atoms with Crippen molar-refractivity contribution in [1.29, 1.82) is 0 Å². The second-order valence-electron chi connectivity index (χ2n) is 6.01. The van der Waals surface area contributed by atoms with Gasteiger partial charge in [0.1, 0.15) is 5.69 Å². The van der Waals surface area contributed by atoms with Crippen molar-refractivity contribution < 1.29 is 29.0 Å². The largest absolute Gasteiger partial charge is 0.463 e. The van der Waals surface area contributed by atoms with Crippen LogP contribution in [0.25, 0.3) is 0 Å². The molecule has 0 fully saturated rings. The van der Waals surface area contributed by atoms with Gasteiger partial charge in [0, 0.05) is 18.5 Å². The molecule has 28 heavy (non-hydrogen) atoms. The molecule has 0 radical (unpaired) electrons. The van der Waals surface area contributed by atoms with Gasteiger partial charge in [-0.05, 0) is 31.5 Å². The molecule has 0 saturated heterocycles. The monoisotopic (exact) mass is 385 g/mol. The molecular weight excluding hydrogens is 362 g/mol. The molecule has 1 N–H and O–H groups in total. The van der Waals surface area contributed by atoms with Gasteiger partial charge < -0.3 is 14.6 Å². The smallest absolute Gasteiger partial charge is 0.350 e. The number of carbonyl (C=O) groups excluding carboxylic acids is 3. The number of ketones is 1. The highest BCUT2D eigenvalue weighted by Crippen LogP contribution is 2.35. The molecule has 0 amide bonds. The minimum atomic E-state index is -2.67. The summed E-state index contributed by atoms with van der Waals surface area (Å²) in [5, 5.41) is 11.2. The quantitative estimate of drug-likeness (QED) is 0.401. The first-order valence-electron chi connectivity index (χ1n) is 9.01. The molecule has 0 aliphatic rings. The van der Waals surface area contributed by atoms with Crippen LogP contribution in [0.3, 0.4) is 0 Å². The number of nitrogens with zero attached hydrogens (tertiary/aromatic N) is 1. The summed E-state index contributed by atoms with van der Waals surface area (Å²) >= 11 is 0. The first-order chi connectivity index (χ1) is 13.4. The molecule has 0 saturated carbocycles. The van der Waals surface area contributed by atoms with Crippen molar-refractivity contribution in [1.82, 2.24) is 4.98 Å². The first kappa shape index (κ1) is 21.2. The van der Waals surface area contributed by atoms with E-state index in [0.29, 0.717) is 5.56 Å². The van der Waals surface area contributed by atoms with E-state index >= 15 is 0 Å². The lowest BCUT2D eigenvalue weighted by Crippen LogP contribution is -2.54. The van der Waals surface area contributed by atoms with Crippen LogP contribution in [0.15, 0.2) is 54.7 Å². The van der Waals surface area contributed by atoms with E-state index < -0.39 is 29.2 Å². The van der Waals surface area contributed by atoms with Gasteiger partial charge in [0.15, 0.2) is 5.78 Å². The SMILES string of the molecule is CCOC(=O)C(O)(C(=O)OCC)C(CC(=O)c1ccccn1)c1ccccc1. The number of aliphatic hydroxyl groups is 1. The van der Waals surface area contributed by atoms with Crippen LogP contribution < -0.4 is 0 Å². The molecular formula is C21H23NO6. The molecule has 2 aromatic rings. The summed E-state index contributed by atoms with van der Waals surface area (Å²) in [5.74, 6) is -3.95. The molecule has 0 aliphatic carbocycles. The molecule has 0 aliphatic heterocycles. The molecule has 7 heteroatoms. The Morgan fingerprint density at radius 2 is 1.54 bits per heavy atom. The maximum absolute atomic E-state index is 12.8. The van der Waals surface area contributed by atoms with Crippen LogP contribution in [0.2, 0.25) is 0 Å². The minimum Gasteiger partial charge on any atom is -0.463 e. The van der Waals surface area contributed by atoms with E-state index in [0.717, 1.165) is 0 Å². The van der Waals surface area contributed by atoms with E-state index in [2.05, 4.69) is 4.98 Å². The fourth-order valence-electron chi connectivity index (χ4n) is 2.86. The van der Waals surface area contributed by atoms with Gasteiger partial charge >= 0.3 is 11.9 Å². The number of aromatic nitrogens is 1. The van der Waals surface area contributed by atoms with Gasteiger partial charge in [-0.25, -0.2) is 9.59 Å². The molecule has 7 nitrogen and oxygen atoms in total. The fourth-order valence-corrected chi connectivity index (χ4v) is 2.86. The van der Waals surface area contributed by atoms with E-state index in [9.17, 15) is 19.5 Å². The second kappa shape index (κ2) is 9.75. The lowest BCUT2D eigenvalue weighted by Gasteiger charge is -2.31. The van der Waals surface area contributed by atoms with Crippen molar-refractivity contribution in [2.24, 2.45) is 0 Å². The Hall–Kier alpha value is -3.06. The molecule has 0 spiro atoms. The molecule has 2 rings (SSSR count). The molecule has 0 bridgehead atoms. The molecule has 148 valence electrons. The van der Waals surface area contributed by atoms with Crippen molar-refractivity contribution in [2.75, 3.05) is 13.2 Å². The van der Waals surface area contributed by atoms with Crippen LogP contribution in [0.5, 0.6) is 0 Å². The number of rotatable bonds is 9. The Labute approximate surface area is 163 Å². The summed E-state index contributed by atoms with van der Waals surface area (Å²) in [6.07, 6.45) is 1.13. The number of ether oxygens (including phenoxy) is 2. The Morgan fingerprint density at radius 3 is 2.04 bits per heavy atom. The van der Waals surface area contributed by atoms with Crippen LogP contribution >= 0.6 is 0 Å². The van der Waals surface area contributed by atoms with Gasteiger partial charge in [0.25, 0.3) is 5.60 Å². The number of esters is 2. The van der Waals surface area contributed by atoms with Gasteiger partial charge in [-0.3, -0.25) is 9.78 Å². The zero-order valence-corrected chi connectivity index (χ0v) is 15.8. The Kier molecular flexibility index (Phi) is 7.40. The van der Waals surface area contributed by atoms with E-state index in [1.807, 2.05) is 0 Å². The number of Topliss-reactive ketones (excluding diaryl/α,β-unsaturated/α-hetero) is 1. The minimum absolute atomic E-state index is 0.0454. The van der Waals surface area contributed by atoms with Gasteiger partial charge in [-0.15, -0.1) is 0 Å². The molecule has 1 aromatic carbocycles. The normalized spacial score (nSPS) is 12.1. The zero-order chi connectivity index (χ0) is 20.6. The Morgan fingerprint density at radius 1 is 0.964 bits per heavy atom. The maximum Gasteiger partial charge on any atom is 0.350 e. The highest BCUT2D eigenvalue weighted by molar-refractivity contribution is 6.06. The molecule has 1 unspecified atom stereocenters. The zero-order valence-electron chi connectivity index (χ0n) is 15.8. The lowest BCUT2D eigenvalue weighted by atomic mass is 9.78. The predicted octanol–water partition coefficient (Wildman–Crippen LogP) is 2.30. The van der Waals surface area contributed by atoms with Gasteiger partial charge in [0.05, 0.1) is 13.2 Å². The first-order valence-corrected chi connectivity index (χ1v) is 9.01. The number of benzene rings is 1. The highest BCUT2D eigenvalue weighted by Gasteiger charge is 2.55. The Balaban J connectivity index is 2.52. The van der Waals surface area contributed by atoms with Crippen molar-refractivity contribution in [3.63, 3.8) is 0 Å².